The molecular formula is C70H47N9O. The van der Waals surface area contributed by atoms with Crippen LogP contribution in [0.1, 0.15) is 0 Å². The van der Waals surface area contributed by atoms with Crippen LogP contribution in [0.5, 0.6) is 0 Å². The number of rotatable bonds is 10. The lowest BCUT2D eigenvalue weighted by Gasteiger charge is -2.41. The Bertz CT molecular complexity index is 4360. The Labute approximate surface area is 462 Å². The van der Waals surface area contributed by atoms with Gasteiger partial charge < -0.3 is 24.0 Å². The highest BCUT2D eigenvalue weighted by Crippen LogP contribution is 2.57. The Kier molecular flexibility index (Phi) is 11.3. The molecule has 80 heavy (non-hydrogen) atoms. The molecule has 11 aromatic carbocycles. The molecule has 0 aliphatic carbocycles. The number of hydrogen-bond acceptors (Lipinski definition) is 9. The second kappa shape index (κ2) is 19.5. The van der Waals surface area contributed by atoms with E-state index in [-0.39, 0.29) is 0 Å². The highest BCUT2D eigenvalue weighted by Gasteiger charge is 2.34. The van der Waals surface area contributed by atoms with Gasteiger partial charge in [-0.05, 0) is 157 Å². The van der Waals surface area contributed by atoms with E-state index in [0.717, 1.165) is 119 Å². The van der Waals surface area contributed by atoms with Crippen LogP contribution >= 0.6 is 0 Å². The van der Waals surface area contributed by atoms with Gasteiger partial charge in [-0.3, -0.25) is 4.57 Å². The maximum Gasteiger partial charge on any atom is 0.248 e. The SMILES string of the molecule is c1ccc(-c2nnc(-c3ccc(N4c5ccccc5N(c5ccccc5)c5ccc(-c6ccc7c(c6)N(c6ccc(-c8nnc(-c9ccccc9)n8-c8ccccc8)cc6)c6ccccc6N7c6ccccc6)cc54)cc3)o2)cc1. The van der Waals surface area contributed by atoms with Crippen molar-refractivity contribution >= 4 is 68.2 Å². The van der Waals surface area contributed by atoms with Crippen molar-refractivity contribution in [1.29, 1.82) is 0 Å². The molecule has 0 fully saturated rings. The summed E-state index contributed by atoms with van der Waals surface area (Å²) in [7, 11) is 0. The summed E-state index contributed by atoms with van der Waals surface area (Å²) in [5.41, 5.74) is 19.3. The molecule has 4 heterocycles. The molecule has 0 N–H and O–H groups in total. The fourth-order valence-corrected chi connectivity index (χ4v) is 11.2. The van der Waals surface area contributed by atoms with Gasteiger partial charge in [0.1, 0.15) is 0 Å². The minimum Gasteiger partial charge on any atom is -0.416 e. The number of hydrogen-bond donors (Lipinski definition) is 0. The van der Waals surface area contributed by atoms with E-state index in [9.17, 15) is 0 Å². The van der Waals surface area contributed by atoms with Crippen molar-refractivity contribution < 1.29 is 4.42 Å². The van der Waals surface area contributed by atoms with Gasteiger partial charge in [-0.1, -0.05) is 140 Å². The summed E-state index contributed by atoms with van der Waals surface area (Å²) >= 11 is 0. The van der Waals surface area contributed by atoms with E-state index < -0.39 is 0 Å². The zero-order chi connectivity index (χ0) is 52.9. The van der Waals surface area contributed by atoms with E-state index in [1.165, 1.54) is 0 Å². The summed E-state index contributed by atoms with van der Waals surface area (Å²) in [5, 5.41) is 18.4. The zero-order valence-electron chi connectivity index (χ0n) is 43.1. The minimum absolute atomic E-state index is 0.461. The lowest BCUT2D eigenvalue weighted by atomic mass is 9.97. The Morgan fingerprint density at radius 1 is 0.212 bits per heavy atom. The lowest BCUT2D eigenvalue weighted by Crippen LogP contribution is -2.24. The number of fused-ring (bicyclic) bond motifs is 4. The molecule has 10 nitrogen and oxygen atoms in total. The first-order valence-corrected chi connectivity index (χ1v) is 26.6. The zero-order valence-corrected chi connectivity index (χ0v) is 43.1. The smallest absolute Gasteiger partial charge is 0.248 e. The summed E-state index contributed by atoms with van der Waals surface area (Å²) in [6, 6.07) is 99.7. The topological polar surface area (TPSA) is 82.6 Å². The van der Waals surface area contributed by atoms with Crippen LogP contribution in [0.4, 0.5) is 68.2 Å². The average Bonchev–Trinajstić information content (AvgIpc) is 4.29. The van der Waals surface area contributed by atoms with Gasteiger partial charge in [0.05, 0.1) is 45.5 Å². The fraction of sp³-hybridized carbons (Fsp3) is 0. The van der Waals surface area contributed by atoms with E-state index in [0.29, 0.717) is 11.8 Å². The summed E-state index contributed by atoms with van der Waals surface area (Å²) in [5.74, 6) is 2.48. The molecule has 0 saturated carbocycles. The monoisotopic (exact) mass is 1030 g/mol. The molecule has 2 aliphatic heterocycles. The van der Waals surface area contributed by atoms with Gasteiger partial charge in [-0.15, -0.1) is 20.4 Å². The summed E-state index contributed by atoms with van der Waals surface area (Å²) < 4.78 is 8.35. The molecule has 0 spiro atoms. The molecule has 0 saturated heterocycles. The second-order valence-electron chi connectivity index (χ2n) is 19.7. The van der Waals surface area contributed by atoms with Gasteiger partial charge in [0.2, 0.25) is 11.8 Å². The normalized spacial score (nSPS) is 12.4. The number of benzene rings is 11. The standard InChI is InChI=1S/C70H47N9O/c1-6-20-48(21-7-1)67-71-72-68(79(67)56-28-14-5-15-29-56)49-34-40-57(41-35-49)77-61-32-18-16-30-59(61)75(54-24-10-3-11-25-54)63-44-38-52(46-65(63)77)53-39-45-64-66(47-53)78(62-33-19-17-31-60(62)76(64)55-26-12-4-13-27-55)58-42-36-51(37-43-58)70-74-73-69(80-70)50-22-8-2-9-23-50/h1-47H. The first-order chi connectivity index (χ1) is 39.7. The molecule has 2 aromatic heterocycles. The van der Waals surface area contributed by atoms with Crippen LogP contribution in [-0.4, -0.2) is 25.0 Å². The van der Waals surface area contributed by atoms with Crippen molar-refractivity contribution in [2.24, 2.45) is 0 Å². The van der Waals surface area contributed by atoms with Crippen LogP contribution in [0.2, 0.25) is 0 Å². The van der Waals surface area contributed by atoms with Gasteiger partial charge in [0.25, 0.3) is 0 Å². The van der Waals surface area contributed by atoms with Crippen molar-refractivity contribution in [3.8, 4) is 62.5 Å². The number of anilines is 12. The van der Waals surface area contributed by atoms with Gasteiger partial charge in [0.15, 0.2) is 11.6 Å². The Morgan fingerprint density at radius 2 is 0.500 bits per heavy atom. The number of para-hydroxylation sites is 7. The van der Waals surface area contributed by atoms with Crippen molar-refractivity contribution in [3.05, 3.63) is 285 Å². The number of aromatic nitrogens is 5. The van der Waals surface area contributed by atoms with Crippen LogP contribution in [0, 0.1) is 0 Å². The lowest BCUT2D eigenvalue weighted by molar-refractivity contribution is 0.584. The molecule has 0 bridgehead atoms. The first-order valence-electron chi connectivity index (χ1n) is 26.6. The highest BCUT2D eigenvalue weighted by atomic mass is 16.4. The first kappa shape index (κ1) is 46.2. The fourth-order valence-electron chi connectivity index (χ4n) is 11.2. The molecule has 0 atom stereocenters. The second-order valence-corrected chi connectivity index (χ2v) is 19.7. The van der Waals surface area contributed by atoms with E-state index in [4.69, 9.17) is 14.6 Å². The molecule has 2 aliphatic rings. The molecule has 378 valence electrons. The molecule has 0 unspecified atom stereocenters. The maximum atomic E-state index is 6.21. The van der Waals surface area contributed by atoms with Gasteiger partial charge >= 0.3 is 0 Å². The predicted octanol–water partition coefficient (Wildman–Crippen LogP) is 18.5. The Morgan fingerprint density at radius 3 is 0.925 bits per heavy atom. The summed E-state index contributed by atoms with van der Waals surface area (Å²) in [6.07, 6.45) is 0. The third-order valence-electron chi connectivity index (χ3n) is 14.9. The van der Waals surface area contributed by atoms with E-state index >= 15 is 0 Å². The van der Waals surface area contributed by atoms with E-state index in [2.05, 4.69) is 253 Å². The van der Waals surface area contributed by atoms with Crippen molar-refractivity contribution in [3.63, 3.8) is 0 Å². The van der Waals surface area contributed by atoms with E-state index in [1.54, 1.807) is 0 Å². The van der Waals surface area contributed by atoms with Crippen molar-refractivity contribution in [2.75, 3.05) is 19.6 Å². The number of nitrogens with zero attached hydrogens (tertiary/aromatic N) is 9. The maximum absolute atomic E-state index is 6.21. The predicted molar refractivity (Wildman–Crippen MR) is 322 cm³/mol. The summed E-state index contributed by atoms with van der Waals surface area (Å²) in [6.45, 7) is 0. The molecule has 13 aromatic rings. The van der Waals surface area contributed by atoms with Crippen LogP contribution in [0.3, 0.4) is 0 Å². The van der Waals surface area contributed by atoms with Gasteiger partial charge in [0, 0.05) is 50.7 Å². The van der Waals surface area contributed by atoms with E-state index in [1.807, 2.05) is 66.7 Å². The average molecular weight is 1030 g/mol. The van der Waals surface area contributed by atoms with Crippen LogP contribution in [0.15, 0.2) is 290 Å². The molecule has 0 amide bonds. The third-order valence-corrected chi connectivity index (χ3v) is 14.9. The molecule has 15 rings (SSSR count). The highest BCUT2D eigenvalue weighted by molar-refractivity contribution is 6.05. The summed E-state index contributed by atoms with van der Waals surface area (Å²) in [4.78, 5) is 9.49. The van der Waals surface area contributed by atoms with Crippen molar-refractivity contribution in [2.45, 2.75) is 0 Å². The Balaban J connectivity index is 0.864. The van der Waals surface area contributed by atoms with Crippen molar-refractivity contribution in [1.82, 2.24) is 25.0 Å². The van der Waals surface area contributed by atoms with Gasteiger partial charge in [-0.2, -0.15) is 0 Å². The molecule has 0 radical (unpaired) electrons. The Hall–Kier alpha value is -11.1. The third kappa shape index (κ3) is 7.97. The molecule has 10 heteroatoms. The van der Waals surface area contributed by atoms with Crippen LogP contribution in [-0.2, 0) is 0 Å². The van der Waals surface area contributed by atoms with Crippen LogP contribution < -0.4 is 19.6 Å². The quantitative estimate of drug-likeness (QED) is 0.133. The van der Waals surface area contributed by atoms with Crippen LogP contribution in [0.25, 0.3) is 62.5 Å². The minimum atomic E-state index is 0.461. The van der Waals surface area contributed by atoms with Gasteiger partial charge in [-0.25, -0.2) is 0 Å². The largest absolute Gasteiger partial charge is 0.416 e. The molecular weight excluding hydrogens is 983 g/mol.